The Kier molecular flexibility index (Phi) is 3.22. The van der Waals surface area contributed by atoms with Gasteiger partial charge in [-0.1, -0.05) is 24.3 Å². The zero-order chi connectivity index (χ0) is 13.2. The van der Waals surface area contributed by atoms with Crippen molar-refractivity contribution in [1.29, 1.82) is 0 Å². The molecule has 0 saturated heterocycles. The molecule has 0 bridgehead atoms. The number of benzene rings is 2. The number of hydrogen-bond donors (Lipinski definition) is 1. The van der Waals surface area contributed by atoms with Gasteiger partial charge in [-0.25, -0.2) is 4.39 Å². The molecule has 2 aromatic carbocycles. The molecule has 3 heteroatoms. The molecule has 1 aliphatic rings. The summed E-state index contributed by atoms with van der Waals surface area (Å²) in [5, 5.41) is 3.18. The SMILES string of the molecule is CNC[C@@H]1Cc2c(F)cccc2Oc2ccccc21. The maximum atomic E-state index is 14.0. The first kappa shape index (κ1) is 12.2. The number of nitrogens with one attached hydrogen (secondary N) is 1. The van der Waals surface area contributed by atoms with Gasteiger partial charge >= 0.3 is 0 Å². The van der Waals surface area contributed by atoms with Gasteiger partial charge in [0.1, 0.15) is 17.3 Å². The van der Waals surface area contributed by atoms with Crippen LogP contribution in [-0.2, 0) is 6.42 Å². The second-order valence-corrected chi connectivity index (χ2v) is 4.82. The number of likely N-dealkylation sites (N-methyl/N-ethyl adjacent to an activating group) is 1. The van der Waals surface area contributed by atoms with Crippen molar-refractivity contribution in [2.75, 3.05) is 13.6 Å². The first-order valence-electron chi connectivity index (χ1n) is 6.48. The summed E-state index contributed by atoms with van der Waals surface area (Å²) in [7, 11) is 1.91. The Hall–Kier alpha value is -1.87. The van der Waals surface area contributed by atoms with Gasteiger partial charge in [0.25, 0.3) is 0 Å². The van der Waals surface area contributed by atoms with Gasteiger partial charge in [-0.05, 0) is 37.2 Å². The van der Waals surface area contributed by atoms with Crippen molar-refractivity contribution in [3.63, 3.8) is 0 Å². The van der Waals surface area contributed by atoms with Gasteiger partial charge in [0.15, 0.2) is 0 Å². The van der Waals surface area contributed by atoms with E-state index in [0.717, 1.165) is 17.9 Å². The Morgan fingerprint density at radius 1 is 1.16 bits per heavy atom. The third-order valence-electron chi connectivity index (χ3n) is 3.56. The number of rotatable bonds is 2. The Labute approximate surface area is 112 Å². The highest BCUT2D eigenvalue weighted by Gasteiger charge is 2.24. The number of ether oxygens (including phenoxy) is 1. The molecule has 19 heavy (non-hydrogen) atoms. The van der Waals surface area contributed by atoms with E-state index in [0.29, 0.717) is 17.7 Å². The zero-order valence-corrected chi connectivity index (χ0v) is 10.8. The number of halogens is 1. The summed E-state index contributed by atoms with van der Waals surface area (Å²) >= 11 is 0. The summed E-state index contributed by atoms with van der Waals surface area (Å²) < 4.78 is 19.9. The second kappa shape index (κ2) is 5.02. The fourth-order valence-electron chi connectivity index (χ4n) is 2.65. The fraction of sp³-hybridized carbons (Fsp3) is 0.250. The van der Waals surface area contributed by atoms with E-state index < -0.39 is 0 Å². The van der Waals surface area contributed by atoms with E-state index in [2.05, 4.69) is 11.4 Å². The lowest BCUT2D eigenvalue weighted by molar-refractivity contribution is 0.472. The lowest BCUT2D eigenvalue weighted by atomic mass is 9.91. The van der Waals surface area contributed by atoms with Crippen molar-refractivity contribution in [3.8, 4) is 11.5 Å². The highest BCUT2D eigenvalue weighted by molar-refractivity contribution is 5.47. The van der Waals surface area contributed by atoms with Crippen LogP contribution in [0, 0.1) is 5.82 Å². The van der Waals surface area contributed by atoms with Gasteiger partial charge in [-0.3, -0.25) is 0 Å². The highest BCUT2D eigenvalue weighted by Crippen LogP contribution is 2.39. The molecule has 0 amide bonds. The lowest BCUT2D eigenvalue weighted by Gasteiger charge is -2.16. The van der Waals surface area contributed by atoms with Crippen LogP contribution < -0.4 is 10.1 Å². The molecule has 2 aromatic rings. The van der Waals surface area contributed by atoms with Crippen LogP contribution in [0.2, 0.25) is 0 Å². The predicted molar refractivity (Wildman–Crippen MR) is 73.3 cm³/mol. The average molecular weight is 257 g/mol. The molecule has 1 aliphatic heterocycles. The number of para-hydroxylation sites is 1. The summed E-state index contributed by atoms with van der Waals surface area (Å²) in [6.45, 7) is 0.800. The summed E-state index contributed by atoms with van der Waals surface area (Å²) in [5.74, 6) is 1.49. The van der Waals surface area contributed by atoms with E-state index in [1.807, 2.05) is 31.3 Å². The topological polar surface area (TPSA) is 21.3 Å². The maximum absolute atomic E-state index is 14.0. The van der Waals surface area contributed by atoms with Crippen LogP contribution in [0.25, 0.3) is 0 Å². The molecule has 0 unspecified atom stereocenters. The third kappa shape index (κ3) is 2.22. The normalized spacial score (nSPS) is 17.1. The van der Waals surface area contributed by atoms with Crippen LogP contribution in [0.3, 0.4) is 0 Å². The van der Waals surface area contributed by atoms with Crippen molar-refractivity contribution >= 4 is 0 Å². The summed E-state index contributed by atoms with van der Waals surface area (Å²) in [6, 6.07) is 13.0. The quantitative estimate of drug-likeness (QED) is 0.889. The molecule has 0 aliphatic carbocycles. The molecule has 1 atom stereocenters. The van der Waals surface area contributed by atoms with Crippen LogP contribution >= 0.6 is 0 Å². The summed E-state index contributed by atoms with van der Waals surface area (Å²) in [4.78, 5) is 0. The van der Waals surface area contributed by atoms with Gasteiger partial charge in [0, 0.05) is 18.0 Å². The van der Waals surface area contributed by atoms with Crippen molar-refractivity contribution in [1.82, 2.24) is 5.32 Å². The fourth-order valence-corrected chi connectivity index (χ4v) is 2.65. The highest BCUT2D eigenvalue weighted by atomic mass is 19.1. The first-order chi connectivity index (χ1) is 9.29. The Morgan fingerprint density at radius 2 is 1.95 bits per heavy atom. The molecule has 1 heterocycles. The van der Waals surface area contributed by atoms with Crippen LogP contribution in [0.5, 0.6) is 11.5 Å². The molecule has 0 aromatic heterocycles. The van der Waals surface area contributed by atoms with E-state index in [4.69, 9.17) is 4.74 Å². The third-order valence-corrected chi connectivity index (χ3v) is 3.56. The van der Waals surface area contributed by atoms with Gasteiger partial charge in [0.2, 0.25) is 0 Å². The molecule has 1 N–H and O–H groups in total. The van der Waals surface area contributed by atoms with Gasteiger partial charge in [0.05, 0.1) is 0 Å². The predicted octanol–water partition coefficient (Wildman–Crippen LogP) is 3.48. The minimum atomic E-state index is -0.189. The maximum Gasteiger partial charge on any atom is 0.133 e. The molecular weight excluding hydrogens is 241 g/mol. The second-order valence-electron chi connectivity index (χ2n) is 4.82. The molecule has 98 valence electrons. The van der Waals surface area contributed by atoms with E-state index >= 15 is 0 Å². The molecule has 3 rings (SSSR count). The standard InChI is InChI=1S/C16H16FNO/c1-18-10-11-9-13-14(17)6-4-8-16(13)19-15-7-3-2-5-12(11)15/h2-8,11,18H,9-10H2,1H3/t11-/m0/s1. The monoisotopic (exact) mass is 257 g/mol. The lowest BCUT2D eigenvalue weighted by Crippen LogP contribution is -2.19. The van der Waals surface area contributed by atoms with Crippen molar-refractivity contribution < 1.29 is 9.13 Å². The molecular formula is C16H16FNO. The molecule has 0 saturated carbocycles. The zero-order valence-electron chi connectivity index (χ0n) is 10.8. The van der Waals surface area contributed by atoms with Crippen LogP contribution in [0.15, 0.2) is 42.5 Å². The summed E-state index contributed by atoms with van der Waals surface area (Å²) in [5.41, 5.74) is 1.80. The minimum absolute atomic E-state index is 0.189. The van der Waals surface area contributed by atoms with Crippen molar-refractivity contribution in [3.05, 3.63) is 59.4 Å². The van der Waals surface area contributed by atoms with Crippen LogP contribution in [-0.4, -0.2) is 13.6 Å². The Balaban J connectivity index is 2.12. The Bertz CT molecular complexity index is 597. The summed E-state index contributed by atoms with van der Waals surface area (Å²) in [6.07, 6.45) is 0.653. The van der Waals surface area contributed by atoms with Gasteiger partial charge in [-0.2, -0.15) is 0 Å². The van der Waals surface area contributed by atoms with Crippen molar-refractivity contribution in [2.45, 2.75) is 12.3 Å². The van der Waals surface area contributed by atoms with Gasteiger partial charge in [-0.15, -0.1) is 0 Å². The minimum Gasteiger partial charge on any atom is -0.457 e. The van der Waals surface area contributed by atoms with Crippen LogP contribution in [0.1, 0.15) is 17.0 Å². The van der Waals surface area contributed by atoms with E-state index in [1.54, 1.807) is 6.07 Å². The van der Waals surface area contributed by atoms with E-state index in [1.165, 1.54) is 6.07 Å². The smallest absolute Gasteiger partial charge is 0.133 e. The molecule has 0 radical (unpaired) electrons. The first-order valence-corrected chi connectivity index (χ1v) is 6.48. The molecule has 0 fully saturated rings. The molecule has 2 nitrogen and oxygen atoms in total. The molecule has 0 spiro atoms. The Morgan fingerprint density at radius 3 is 2.79 bits per heavy atom. The van der Waals surface area contributed by atoms with Crippen LogP contribution in [0.4, 0.5) is 4.39 Å². The van der Waals surface area contributed by atoms with Gasteiger partial charge < -0.3 is 10.1 Å². The van der Waals surface area contributed by atoms with E-state index in [-0.39, 0.29) is 11.7 Å². The number of fused-ring (bicyclic) bond motifs is 2. The van der Waals surface area contributed by atoms with Crippen molar-refractivity contribution in [2.24, 2.45) is 0 Å². The number of hydrogen-bond acceptors (Lipinski definition) is 2. The van der Waals surface area contributed by atoms with E-state index in [9.17, 15) is 4.39 Å². The largest absolute Gasteiger partial charge is 0.457 e. The average Bonchev–Trinajstić information content (AvgIpc) is 2.57.